The van der Waals surface area contributed by atoms with Crippen LogP contribution in [0.2, 0.25) is 0 Å². The average Bonchev–Trinajstić information content (AvgIpc) is 3.57. The number of rotatable bonds is 23. The summed E-state index contributed by atoms with van der Waals surface area (Å²) in [4.78, 5) is 15.6. The van der Waals surface area contributed by atoms with Gasteiger partial charge in [0.25, 0.3) is 0 Å². The fourth-order valence-electron chi connectivity index (χ4n) is 12.9. The third kappa shape index (κ3) is 22.3. The Hall–Kier alpha value is -6.05. The van der Waals surface area contributed by atoms with Crippen LogP contribution in [0, 0.1) is 67.6 Å². The molecule has 3 fully saturated rings. The van der Waals surface area contributed by atoms with Gasteiger partial charge in [-0.1, -0.05) is 87.5 Å². The third-order valence-corrected chi connectivity index (χ3v) is 17.6. The fraction of sp³-hybridized carbons (Fsp3) is 0.521. The van der Waals surface area contributed by atoms with E-state index in [1.807, 2.05) is 36.9 Å². The smallest absolute Gasteiger partial charge is 0.119 e. The highest BCUT2D eigenvalue weighted by atomic mass is 16.5. The summed E-state index contributed by atoms with van der Waals surface area (Å²) >= 11 is 0. The van der Waals surface area contributed by atoms with Crippen molar-refractivity contribution in [2.75, 3.05) is 33.2 Å². The summed E-state index contributed by atoms with van der Waals surface area (Å²) in [6.07, 6.45) is 23.1. The molecule has 0 amide bonds. The Kier molecular flexibility index (Phi) is 26.3. The standard InChI is InChI=1S/C25H36N2O.C24H31N3O.C24H33NO/c1-19(2)27(18-22-11-13-26-14-12-22)17-21(4)23-8-6-10-25(16-23)28-24-9-5-7-20(3)15-24;1-19-5-3-7-23(15-19)28-24-8-4-6-22(16-24)20(2)17-27(14-11-25)18-21-9-12-26-13-10-21;1-19-9-7-13-23(15-19)26-24-14-8-12-22(16-24)20(2)17-25(3)18-21-10-5-4-6-11-21/h5,7,9,11-15,19,21,23,25H,6,8,10,16-18H2,1-4H3;3,5,7,9-10,12-13,15,20,22,24H,4,6,8,14,16-18H2,1-2H3;4-7,9-11,13,15,20,22,24H,8,12,14,16-18H2,1-3H3/t21?,23-,25+;2*20?,22-,24+/m000/s1. The van der Waals surface area contributed by atoms with Crippen LogP contribution in [0.3, 0.4) is 0 Å². The Morgan fingerprint density at radius 1 is 0.476 bits per heavy atom. The first-order valence-electron chi connectivity index (χ1n) is 31.3. The number of hydrogen-bond donors (Lipinski definition) is 0. The number of aryl methyl sites for hydroxylation is 3. The van der Waals surface area contributed by atoms with Crippen LogP contribution in [-0.2, 0) is 19.6 Å². The first kappa shape index (κ1) is 63.5. The van der Waals surface area contributed by atoms with Gasteiger partial charge in [-0.15, -0.1) is 0 Å². The van der Waals surface area contributed by atoms with E-state index >= 15 is 0 Å². The molecule has 82 heavy (non-hydrogen) atoms. The van der Waals surface area contributed by atoms with E-state index in [1.165, 1.54) is 97.6 Å². The molecule has 2 heterocycles. The van der Waals surface area contributed by atoms with E-state index in [4.69, 9.17) is 14.2 Å². The molecule has 0 radical (unpaired) electrons. The highest BCUT2D eigenvalue weighted by Gasteiger charge is 2.31. The van der Waals surface area contributed by atoms with Gasteiger partial charge in [0.05, 0.1) is 30.9 Å². The molecule has 9 atom stereocenters. The quantitative estimate of drug-likeness (QED) is 0.0582. The number of nitriles is 1. The third-order valence-electron chi connectivity index (χ3n) is 17.6. The van der Waals surface area contributed by atoms with Crippen molar-refractivity contribution in [3.8, 4) is 23.3 Å². The Morgan fingerprint density at radius 3 is 1.29 bits per heavy atom. The number of nitrogens with zero attached hydrogens (tertiary/aromatic N) is 6. The van der Waals surface area contributed by atoms with E-state index in [0.29, 0.717) is 54.6 Å². The molecule has 3 saturated carbocycles. The Balaban J connectivity index is 0.000000177. The summed E-state index contributed by atoms with van der Waals surface area (Å²) in [7, 11) is 2.24. The molecule has 3 aliphatic carbocycles. The predicted molar refractivity (Wildman–Crippen MR) is 338 cm³/mol. The van der Waals surface area contributed by atoms with Crippen molar-refractivity contribution >= 4 is 0 Å². The zero-order chi connectivity index (χ0) is 58.1. The van der Waals surface area contributed by atoms with E-state index in [1.54, 1.807) is 0 Å². The first-order chi connectivity index (χ1) is 39.7. The molecule has 0 bridgehead atoms. The van der Waals surface area contributed by atoms with Gasteiger partial charge < -0.3 is 19.1 Å². The number of ether oxygens (including phenoxy) is 3. The maximum absolute atomic E-state index is 9.24. The molecule has 440 valence electrons. The van der Waals surface area contributed by atoms with E-state index in [-0.39, 0.29) is 0 Å². The maximum atomic E-state index is 9.24. The van der Waals surface area contributed by atoms with Crippen LogP contribution in [-0.4, -0.2) is 82.2 Å². The van der Waals surface area contributed by atoms with E-state index in [9.17, 15) is 5.26 Å². The van der Waals surface area contributed by atoms with Gasteiger partial charge in [0, 0.05) is 70.1 Å². The van der Waals surface area contributed by atoms with Gasteiger partial charge >= 0.3 is 0 Å². The molecule has 0 saturated heterocycles. The summed E-state index contributed by atoms with van der Waals surface area (Å²) in [5.74, 6) is 7.10. The largest absolute Gasteiger partial charge is 0.490 e. The van der Waals surface area contributed by atoms with Gasteiger partial charge in [0.1, 0.15) is 17.2 Å². The van der Waals surface area contributed by atoms with Gasteiger partial charge in [-0.3, -0.25) is 19.8 Å². The molecule has 3 unspecified atom stereocenters. The topological polar surface area (TPSA) is 87.0 Å². The molecule has 2 aromatic heterocycles. The molecule has 0 N–H and O–H groups in total. The number of hydrogen-bond acceptors (Lipinski definition) is 9. The molecule has 9 rings (SSSR count). The Labute approximate surface area is 495 Å². The minimum atomic E-state index is 0.299. The molecular weight excluding hydrogens is 1010 g/mol. The van der Waals surface area contributed by atoms with Gasteiger partial charge in [0.2, 0.25) is 0 Å². The molecular formula is C73H100N6O3. The summed E-state index contributed by atoms with van der Waals surface area (Å²) in [5, 5.41) is 9.24. The van der Waals surface area contributed by atoms with Crippen LogP contribution < -0.4 is 14.2 Å². The minimum Gasteiger partial charge on any atom is -0.490 e. The van der Waals surface area contributed by atoms with Crippen LogP contribution in [0.15, 0.2) is 152 Å². The highest BCUT2D eigenvalue weighted by Crippen LogP contribution is 2.36. The molecule has 3 aliphatic rings. The van der Waals surface area contributed by atoms with Crippen molar-refractivity contribution in [1.29, 1.82) is 5.26 Å². The van der Waals surface area contributed by atoms with E-state index < -0.39 is 0 Å². The summed E-state index contributed by atoms with van der Waals surface area (Å²) in [6.45, 7) is 24.7. The Bertz CT molecular complexity index is 2750. The van der Waals surface area contributed by atoms with Crippen molar-refractivity contribution < 1.29 is 14.2 Å². The number of pyridine rings is 2. The highest BCUT2D eigenvalue weighted by molar-refractivity contribution is 5.29. The van der Waals surface area contributed by atoms with Crippen LogP contribution in [0.4, 0.5) is 0 Å². The SMILES string of the molecule is Cc1cccc(O[C@@H]2CCC[C@H](C(C)CN(C)Cc3ccccc3)C2)c1.Cc1cccc(O[C@@H]2CCC[C@H](C(C)CN(CC#N)Cc3ccncc3)C2)c1.Cc1cccc(O[C@@H]2CCC[C@H](C(C)CN(Cc3ccncc3)C(C)C)C2)c1. The lowest BCUT2D eigenvalue weighted by molar-refractivity contribution is 0.0808. The molecule has 4 aromatic carbocycles. The molecule has 6 aromatic rings. The molecule has 9 nitrogen and oxygen atoms in total. The predicted octanol–water partition coefficient (Wildman–Crippen LogP) is 16.6. The van der Waals surface area contributed by atoms with Crippen LogP contribution >= 0.6 is 0 Å². The lowest BCUT2D eigenvalue weighted by Gasteiger charge is -2.37. The van der Waals surface area contributed by atoms with Gasteiger partial charge in [-0.25, -0.2) is 0 Å². The van der Waals surface area contributed by atoms with Gasteiger partial charge in [-0.05, 0) is 248 Å². The summed E-state index contributed by atoms with van der Waals surface area (Å²) in [6, 6.07) is 47.2. The van der Waals surface area contributed by atoms with Crippen molar-refractivity contribution in [3.63, 3.8) is 0 Å². The number of benzene rings is 4. The lowest BCUT2D eigenvalue weighted by atomic mass is 9.79. The second-order valence-corrected chi connectivity index (χ2v) is 25.1. The fourth-order valence-corrected chi connectivity index (χ4v) is 12.9. The Morgan fingerprint density at radius 2 is 0.878 bits per heavy atom. The maximum Gasteiger partial charge on any atom is 0.119 e. The summed E-state index contributed by atoms with van der Waals surface area (Å²) in [5.41, 5.74) is 7.72. The van der Waals surface area contributed by atoms with Gasteiger partial charge in [-0.2, -0.15) is 5.26 Å². The summed E-state index contributed by atoms with van der Waals surface area (Å²) < 4.78 is 18.9. The van der Waals surface area contributed by atoms with Crippen molar-refractivity contribution in [2.24, 2.45) is 35.5 Å². The van der Waals surface area contributed by atoms with E-state index in [2.05, 4.69) is 208 Å². The molecule has 9 heteroatoms. The zero-order valence-corrected chi connectivity index (χ0v) is 51.6. The zero-order valence-electron chi connectivity index (χ0n) is 51.6. The average molecular weight is 1110 g/mol. The van der Waals surface area contributed by atoms with Crippen molar-refractivity contribution in [1.82, 2.24) is 24.7 Å². The monoisotopic (exact) mass is 1110 g/mol. The second-order valence-electron chi connectivity index (χ2n) is 25.1. The lowest BCUT2D eigenvalue weighted by Crippen LogP contribution is -2.38. The van der Waals surface area contributed by atoms with Crippen LogP contribution in [0.1, 0.15) is 145 Å². The molecule has 0 spiro atoms. The normalized spacial score (nSPS) is 21.0. The molecule has 0 aliphatic heterocycles. The first-order valence-corrected chi connectivity index (χ1v) is 31.3. The van der Waals surface area contributed by atoms with Crippen LogP contribution in [0.25, 0.3) is 0 Å². The van der Waals surface area contributed by atoms with Crippen LogP contribution in [0.5, 0.6) is 17.2 Å². The van der Waals surface area contributed by atoms with Gasteiger partial charge in [0.15, 0.2) is 0 Å². The van der Waals surface area contributed by atoms with Crippen molar-refractivity contribution in [3.05, 3.63) is 186 Å². The second kappa shape index (κ2) is 33.9. The van der Waals surface area contributed by atoms with Crippen molar-refractivity contribution in [2.45, 2.75) is 176 Å². The van der Waals surface area contributed by atoms with E-state index in [0.717, 1.165) is 81.2 Å². The minimum absolute atomic E-state index is 0.299. The number of aromatic nitrogens is 2.